The lowest BCUT2D eigenvalue weighted by molar-refractivity contribution is 0.555. The Morgan fingerprint density at radius 1 is 1.22 bits per heavy atom. The molecule has 0 aliphatic rings. The fourth-order valence-corrected chi connectivity index (χ4v) is 2.32. The van der Waals surface area contributed by atoms with Crippen LogP contribution < -0.4 is 5.32 Å². The highest BCUT2D eigenvalue weighted by Crippen LogP contribution is 2.22. The number of likely N-dealkylation sites (N-methyl/N-ethyl adjacent to an activating group) is 1. The van der Waals surface area contributed by atoms with Gasteiger partial charge in [-0.2, -0.15) is 0 Å². The molecule has 0 aliphatic carbocycles. The molecule has 2 rings (SSSR count). The van der Waals surface area contributed by atoms with E-state index in [9.17, 15) is 0 Å². The summed E-state index contributed by atoms with van der Waals surface area (Å²) in [5.74, 6) is 0.482. The molecule has 1 heterocycles. The molecule has 0 amide bonds. The smallest absolute Gasteiger partial charge is 0.0934 e. The number of benzene rings is 1. The van der Waals surface area contributed by atoms with Crippen LogP contribution in [0.15, 0.2) is 51.7 Å². The van der Waals surface area contributed by atoms with Crippen molar-refractivity contribution in [2.75, 3.05) is 13.1 Å². The van der Waals surface area contributed by atoms with E-state index in [1.807, 2.05) is 12.3 Å². The van der Waals surface area contributed by atoms with Crippen LogP contribution >= 0.6 is 15.9 Å². The molecule has 0 bridgehead atoms. The molecule has 1 aromatic carbocycles. The van der Waals surface area contributed by atoms with E-state index in [2.05, 4.69) is 52.4 Å². The van der Waals surface area contributed by atoms with Crippen LogP contribution in [0.5, 0.6) is 0 Å². The second-order valence-electron chi connectivity index (χ2n) is 4.39. The lowest BCUT2D eigenvalue weighted by Gasteiger charge is -2.17. The number of hydrogen-bond donors (Lipinski definition) is 1. The molecule has 1 atom stereocenters. The third-order valence-electron chi connectivity index (χ3n) is 3.04. The lowest BCUT2D eigenvalue weighted by atomic mass is 9.93. The average molecular weight is 308 g/mol. The van der Waals surface area contributed by atoms with Crippen molar-refractivity contribution in [1.29, 1.82) is 0 Å². The summed E-state index contributed by atoms with van der Waals surface area (Å²) in [7, 11) is 0. The summed E-state index contributed by atoms with van der Waals surface area (Å²) in [6.45, 7) is 4.12. The summed E-state index contributed by atoms with van der Waals surface area (Å²) in [5, 5.41) is 3.43. The second kappa shape index (κ2) is 6.76. The summed E-state index contributed by atoms with van der Waals surface area (Å²) in [5.41, 5.74) is 2.61. The molecule has 0 fully saturated rings. The van der Waals surface area contributed by atoms with Crippen molar-refractivity contribution >= 4 is 15.9 Å². The molecule has 1 unspecified atom stereocenters. The normalized spacial score (nSPS) is 12.6. The van der Waals surface area contributed by atoms with E-state index in [-0.39, 0.29) is 0 Å². The van der Waals surface area contributed by atoms with Gasteiger partial charge in [-0.3, -0.25) is 0 Å². The van der Waals surface area contributed by atoms with E-state index in [0.29, 0.717) is 5.92 Å². The van der Waals surface area contributed by atoms with Gasteiger partial charge in [0.15, 0.2) is 0 Å². The van der Waals surface area contributed by atoms with E-state index in [4.69, 9.17) is 4.42 Å². The molecule has 0 spiro atoms. The molecule has 96 valence electrons. The predicted molar refractivity (Wildman–Crippen MR) is 77.8 cm³/mol. The van der Waals surface area contributed by atoms with Crippen molar-refractivity contribution in [2.45, 2.75) is 19.3 Å². The summed E-state index contributed by atoms with van der Waals surface area (Å²) >= 11 is 3.48. The average Bonchev–Trinajstić information content (AvgIpc) is 2.88. The van der Waals surface area contributed by atoms with Gasteiger partial charge in [0.2, 0.25) is 0 Å². The highest BCUT2D eigenvalue weighted by molar-refractivity contribution is 9.10. The van der Waals surface area contributed by atoms with Gasteiger partial charge in [0.05, 0.1) is 12.5 Å². The first-order chi connectivity index (χ1) is 8.79. The van der Waals surface area contributed by atoms with Crippen LogP contribution in [0.2, 0.25) is 0 Å². The van der Waals surface area contributed by atoms with Crippen LogP contribution in [-0.4, -0.2) is 13.1 Å². The van der Waals surface area contributed by atoms with Gasteiger partial charge in [-0.05, 0) is 42.3 Å². The monoisotopic (exact) mass is 307 g/mol. The fourth-order valence-electron chi connectivity index (χ4n) is 2.05. The summed E-state index contributed by atoms with van der Waals surface area (Å²) in [6.07, 6.45) is 4.57. The standard InChI is InChI=1S/C15H18BrNO/c1-2-17-10-14(9-12-7-8-18-11-12)13-3-5-15(16)6-4-13/h3-8,11,14,17H,2,9-10H2,1H3. The molecule has 3 heteroatoms. The van der Waals surface area contributed by atoms with Gasteiger partial charge in [0, 0.05) is 16.9 Å². The predicted octanol–water partition coefficient (Wildman–Crippen LogP) is 3.98. The van der Waals surface area contributed by atoms with Crippen LogP contribution in [0.4, 0.5) is 0 Å². The van der Waals surface area contributed by atoms with E-state index >= 15 is 0 Å². The maximum absolute atomic E-state index is 5.15. The van der Waals surface area contributed by atoms with Crippen molar-refractivity contribution in [3.05, 3.63) is 58.5 Å². The SMILES string of the molecule is CCNCC(Cc1ccoc1)c1ccc(Br)cc1. The Morgan fingerprint density at radius 3 is 2.61 bits per heavy atom. The van der Waals surface area contributed by atoms with Crippen molar-refractivity contribution < 1.29 is 4.42 Å². The van der Waals surface area contributed by atoms with Gasteiger partial charge < -0.3 is 9.73 Å². The first-order valence-electron chi connectivity index (χ1n) is 6.27. The highest BCUT2D eigenvalue weighted by Gasteiger charge is 2.12. The third kappa shape index (κ3) is 3.72. The molecule has 0 radical (unpaired) electrons. The van der Waals surface area contributed by atoms with Crippen LogP contribution in [0.1, 0.15) is 24.0 Å². The Morgan fingerprint density at radius 2 is 2.00 bits per heavy atom. The van der Waals surface area contributed by atoms with E-state index in [1.165, 1.54) is 11.1 Å². The van der Waals surface area contributed by atoms with Crippen molar-refractivity contribution in [3.63, 3.8) is 0 Å². The molecule has 0 aliphatic heterocycles. The molecular weight excluding hydrogens is 290 g/mol. The zero-order valence-corrected chi connectivity index (χ0v) is 12.1. The minimum absolute atomic E-state index is 0.482. The zero-order chi connectivity index (χ0) is 12.8. The molecule has 2 nitrogen and oxygen atoms in total. The van der Waals surface area contributed by atoms with Crippen molar-refractivity contribution in [1.82, 2.24) is 5.32 Å². The Hall–Kier alpha value is -1.06. The number of hydrogen-bond acceptors (Lipinski definition) is 2. The molecular formula is C15H18BrNO. The molecule has 2 aromatic rings. The molecule has 18 heavy (non-hydrogen) atoms. The Balaban J connectivity index is 2.11. The van der Waals surface area contributed by atoms with Gasteiger partial charge in [-0.1, -0.05) is 35.0 Å². The largest absolute Gasteiger partial charge is 0.472 e. The first-order valence-corrected chi connectivity index (χ1v) is 7.06. The van der Waals surface area contributed by atoms with Gasteiger partial charge in [-0.15, -0.1) is 0 Å². The number of rotatable bonds is 6. The third-order valence-corrected chi connectivity index (χ3v) is 3.57. The summed E-state index contributed by atoms with van der Waals surface area (Å²) < 4.78 is 6.27. The maximum atomic E-state index is 5.15. The summed E-state index contributed by atoms with van der Waals surface area (Å²) in [6, 6.07) is 10.6. The van der Waals surface area contributed by atoms with Crippen LogP contribution in [0.25, 0.3) is 0 Å². The maximum Gasteiger partial charge on any atom is 0.0934 e. The first kappa shape index (κ1) is 13.4. The Labute approximate surface area is 117 Å². The van der Waals surface area contributed by atoms with Gasteiger partial charge in [-0.25, -0.2) is 0 Å². The molecule has 1 N–H and O–H groups in total. The van der Waals surface area contributed by atoms with E-state index < -0.39 is 0 Å². The number of furan rings is 1. The lowest BCUT2D eigenvalue weighted by Crippen LogP contribution is -2.22. The van der Waals surface area contributed by atoms with E-state index in [0.717, 1.165) is 24.0 Å². The van der Waals surface area contributed by atoms with Crippen LogP contribution in [0.3, 0.4) is 0 Å². The second-order valence-corrected chi connectivity index (χ2v) is 5.31. The minimum atomic E-state index is 0.482. The summed E-state index contributed by atoms with van der Waals surface area (Å²) in [4.78, 5) is 0. The van der Waals surface area contributed by atoms with Crippen molar-refractivity contribution in [2.24, 2.45) is 0 Å². The molecule has 0 saturated carbocycles. The quantitative estimate of drug-likeness (QED) is 0.873. The minimum Gasteiger partial charge on any atom is -0.472 e. The Kier molecular flexibility index (Phi) is 5.02. The van der Waals surface area contributed by atoms with Gasteiger partial charge >= 0.3 is 0 Å². The van der Waals surface area contributed by atoms with Crippen molar-refractivity contribution in [3.8, 4) is 0 Å². The number of halogens is 1. The van der Waals surface area contributed by atoms with E-state index in [1.54, 1.807) is 6.26 Å². The fraction of sp³-hybridized carbons (Fsp3) is 0.333. The highest BCUT2D eigenvalue weighted by atomic mass is 79.9. The Bertz CT molecular complexity index is 450. The number of nitrogens with one attached hydrogen (secondary N) is 1. The molecule has 1 aromatic heterocycles. The molecule has 0 saturated heterocycles. The van der Waals surface area contributed by atoms with Crippen LogP contribution in [-0.2, 0) is 6.42 Å². The van der Waals surface area contributed by atoms with Gasteiger partial charge in [0.25, 0.3) is 0 Å². The zero-order valence-electron chi connectivity index (χ0n) is 10.5. The topological polar surface area (TPSA) is 25.2 Å². The van der Waals surface area contributed by atoms with Crippen LogP contribution in [0, 0.1) is 0 Å². The van der Waals surface area contributed by atoms with Gasteiger partial charge in [0.1, 0.15) is 0 Å².